The number of hydrogen-bond donors (Lipinski definition) is 2. The van der Waals surface area contributed by atoms with Gasteiger partial charge in [0.1, 0.15) is 17.9 Å². The average Bonchev–Trinajstić information content (AvgIpc) is 2.52. The van der Waals surface area contributed by atoms with Gasteiger partial charge >= 0.3 is 5.97 Å². The first-order valence-corrected chi connectivity index (χ1v) is 6.47. The number of nitrogens with one attached hydrogen (secondary N) is 1. The minimum Gasteiger partial charge on any atom is -0.491 e. The molecule has 0 aliphatic heterocycles. The standard InChI is InChI=1S/C16H15NO4/c18-15(12-6-2-1-3-7-12)17-10-11-21-14-9-5-4-8-13(14)16(19)20/h1-9H,10-11H2,(H,17,18)(H,19,20). The molecule has 5 nitrogen and oxygen atoms in total. The molecule has 2 aromatic rings. The maximum absolute atomic E-state index is 11.8. The minimum atomic E-state index is -1.04. The van der Waals surface area contributed by atoms with Crippen LogP contribution in [0.1, 0.15) is 20.7 Å². The first-order valence-electron chi connectivity index (χ1n) is 6.47. The fourth-order valence-corrected chi connectivity index (χ4v) is 1.79. The number of hydrogen-bond acceptors (Lipinski definition) is 3. The molecule has 0 unspecified atom stereocenters. The molecule has 1 amide bonds. The quantitative estimate of drug-likeness (QED) is 0.798. The van der Waals surface area contributed by atoms with Crippen molar-refractivity contribution >= 4 is 11.9 Å². The molecule has 0 saturated heterocycles. The Bertz CT molecular complexity index is 625. The van der Waals surface area contributed by atoms with Crippen LogP contribution in [0.5, 0.6) is 5.75 Å². The summed E-state index contributed by atoms with van der Waals surface area (Å²) in [5, 5.41) is 11.7. The fourth-order valence-electron chi connectivity index (χ4n) is 1.79. The number of para-hydroxylation sites is 1. The van der Waals surface area contributed by atoms with E-state index >= 15 is 0 Å². The minimum absolute atomic E-state index is 0.104. The van der Waals surface area contributed by atoms with E-state index in [0.29, 0.717) is 17.9 Å². The zero-order valence-corrected chi connectivity index (χ0v) is 11.3. The summed E-state index contributed by atoms with van der Waals surface area (Å²) in [5.74, 6) is -0.941. The SMILES string of the molecule is O=C(NCCOc1ccccc1C(=O)O)c1ccccc1. The van der Waals surface area contributed by atoms with Gasteiger partial charge in [0, 0.05) is 5.56 Å². The predicted octanol–water partition coefficient (Wildman–Crippen LogP) is 2.19. The summed E-state index contributed by atoms with van der Waals surface area (Å²) in [6, 6.07) is 15.2. The van der Waals surface area contributed by atoms with Crippen LogP contribution in [0, 0.1) is 0 Å². The molecule has 0 aromatic heterocycles. The smallest absolute Gasteiger partial charge is 0.339 e. The molecular formula is C16H15NO4. The van der Waals surface area contributed by atoms with Crippen molar-refractivity contribution in [2.75, 3.05) is 13.2 Å². The van der Waals surface area contributed by atoms with Gasteiger partial charge in [-0.2, -0.15) is 0 Å². The third-order valence-corrected chi connectivity index (χ3v) is 2.80. The molecule has 5 heteroatoms. The van der Waals surface area contributed by atoms with Crippen LogP contribution in [0.25, 0.3) is 0 Å². The van der Waals surface area contributed by atoms with E-state index in [9.17, 15) is 9.59 Å². The lowest BCUT2D eigenvalue weighted by atomic mass is 10.2. The Hall–Kier alpha value is -2.82. The molecule has 108 valence electrons. The Kier molecular flexibility index (Phi) is 4.93. The molecule has 0 saturated carbocycles. The maximum atomic E-state index is 11.8. The van der Waals surface area contributed by atoms with Crippen molar-refractivity contribution in [1.82, 2.24) is 5.32 Å². The van der Waals surface area contributed by atoms with E-state index in [1.807, 2.05) is 6.07 Å². The van der Waals surface area contributed by atoms with Gasteiger partial charge in [0.2, 0.25) is 0 Å². The number of carbonyl (C=O) groups excluding carboxylic acids is 1. The predicted molar refractivity (Wildman–Crippen MR) is 77.7 cm³/mol. The maximum Gasteiger partial charge on any atom is 0.339 e. The Balaban J connectivity index is 1.83. The first-order chi connectivity index (χ1) is 10.2. The summed E-state index contributed by atoms with van der Waals surface area (Å²) in [4.78, 5) is 22.8. The van der Waals surface area contributed by atoms with Crippen molar-refractivity contribution in [1.29, 1.82) is 0 Å². The van der Waals surface area contributed by atoms with E-state index in [1.54, 1.807) is 42.5 Å². The molecule has 0 aliphatic carbocycles. The second-order valence-electron chi connectivity index (χ2n) is 4.27. The summed E-state index contributed by atoms with van der Waals surface area (Å²) in [6.45, 7) is 0.491. The molecule has 0 heterocycles. The number of carbonyl (C=O) groups is 2. The lowest BCUT2D eigenvalue weighted by Gasteiger charge is -2.09. The Morgan fingerprint density at radius 3 is 2.38 bits per heavy atom. The number of benzene rings is 2. The zero-order chi connectivity index (χ0) is 15.1. The van der Waals surface area contributed by atoms with E-state index in [1.165, 1.54) is 6.07 Å². The van der Waals surface area contributed by atoms with Crippen LogP contribution in [0.4, 0.5) is 0 Å². The van der Waals surface area contributed by atoms with Gasteiger partial charge in [-0.15, -0.1) is 0 Å². The van der Waals surface area contributed by atoms with Gasteiger partial charge < -0.3 is 15.2 Å². The number of carboxylic acid groups (broad SMARTS) is 1. The highest BCUT2D eigenvalue weighted by Crippen LogP contribution is 2.17. The Labute approximate surface area is 122 Å². The lowest BCUT2D eigenvalue weighted by Crippen LogP contribution is -2.28. The van der Waals surface area contributed by atoms with Gasteiger partial charge in [-0.1, -0.05) is 30.3 Å². The molecular weight excluding hydrogens is 270 g/mol. The second kappa shape index (κ2) is 7.09. The summed E-state index contributed by atoms with van der Waals surface area (Å²) in [5.41, 5.74) is 0.676. The highest BCUT2D eigenvalue weighted by atomic mass is 16.5. The van der Waals surface area contributed by atoms with Crippen LogP contribution >= 0.6 is 0 Å². The highest BCUT2D eigenvalue weighted by Gasteiger charge is 2.10. The average molecular weight is 285 g/mol. The largest absolute Gasteiger partial charge is 0.491 e. The van der Waals surface area contributed by atoms with Gasteiger partial charge in [-0.25, -0.2) is 4.79 Å². The summed E-state index contributed by atoms with van der Waals surface area (Å²) < 4.78 is 5.39. The van der Waals surface area contributed by atoms with Gasteiger partial charge in [0.05, 0.1) is 6.54 Å². The third-order valence-electron chi connectivity index (χ3n) is 2.80. The number of amides is 1. The van der Waals surface area contributed by atoms with Crippen molar-refractivity contribution in [3.63, 3.8) is 0 Å². The Morgan fingerprint density at radius 1 is 1.00 bits per heavy atom. The molecule has 0 bridgehead atoms. The second-order valence-corrected chi connectivity index (χ2v) is 4.27. The lowest BCUT2D eigenvalue weighted by molar-refractivity contribution is 0.0691. The molecule has 2 aromatic carbocycles. The molecule has 0 aliphatic rings. The first kappa shape index (κ1) is 14.6. The summed E-state index contributed by atoms with van der Waals surface area (Å²) in [6.07, 6.45) is 0. The molecule has 2 N–H and O–H groups in total. The van der Waals surface area contributed by atoms with Crippen LogP contribution < -0.4 is 10.1 Å². The molecule has 0 spiro atoms. The summed E-state index contributed by atoms with van der Waals surface area (Å²) >= 11 is 0. The van der Waals surface area contributed by atoms with Crippen LogP contribution in [0.15, 0.2) is 54.6 Å². The van der Waals surface area contributed by atoms with E-state index in [0.717, 1.165) is 0 Å². The van der Waals surface area contributed by atoms with Crippen molar-refractivity contribution in [3.05, 3.63) is 65.7 Å². The molecule has 0 atom stereocenters. The normalized spacial score (nSPS) is 9.90. The van der Waals surface area contributed by atoms with Gasteiger partial charge in [-0.05, 0) is 24.3 Å². The van der Waals surface area contributed by atoms with Crippen molar-refractivity contribution in [2.24, 2.45) is 0 Å². The number of aromatic carboxylic acids is 1. The van der Waals surface area contributed by atoms with Gasteiger partial charge in [-0.3, -0.25) is 4.79 Å². The molecule has 0 radical (unpaired) electrons. The van der Waals surface area contributed by atoms with Crippen molar-refractivity contribution in [2.45, 2.75) is 0 Å². The van der Waals surface area contributed by atoms with Crippen LogP contribution in [0.2, 0.25) is 0 Å². The fraction of sp³-hybridized carbons (Fsp3) is 0.125. The topological polar surface area (TPSA) is 75.6 Å². The van der Waals surface area contributed by atoms with Crippen molar-refractivity contribution in [3.8, 4) is 5.75 Å². The number of ether oxygens (including phenoxy) is 1. The Morgan fingerprint density at radius 2 is 1.67 bits per heavy atom. The van der Waals surface area contributed by atoms with E-state index in [2.05, 4.69) is 5.32 Å². The van der Waals surface area contributed by atoms with E-state index in [4.69, 9.17) is 9.84 Å². The number of rotatable bonds is 6. The molecule has 21 heavy (non-hydrogen) atoms. The van der Waals surface area contributed by atoms with Gasteiger partial charge in [0.25, 0.3) is 5.91 Å². The van der Waals surface area contributed by atoms with Crippen molar-refractivity contribution < 1.29 is 19.4 Å². The zero-order valence-electron chi connectivity index (χ0n) is 11.3. The monoisotopic (exact) mass is 285 g/mol. The third kappa shape index (κ3) is 4.07. The molecule has 2 rings (SSSR count). The van der Waals surface area contributed by atoms with Crippen LogP contribution in [-0.4, -0.2) is 30.1 Å². The number of carboxylic acids is 1. The van der Waals surface area contributed by atoms with E-state index in [-0.39, 0.29) is 18.1 Å². The van der Waals surface area contributed by atoms with Crippen LogP contribution in [-0.2, 0) is 0 Å². The highest BCUT2D eigenvalue weighted by molar-refractivity contribution is 5.94. The molecule has 0 fully saturated rings. The van der Waals surface area contributed by atoms with Crippen LogP contribution in [0.3, 0.4) is 0 Å². The summed E-state index contributed by atoms with van der Waals surface area (Å²) in [7, 11) is 0. The van der Waals surface area contributed by atoms with Gasteiger partial charge in [0.15, 0.2) is 0 Å². The van der Waals surface area contributed by atoms with E-state index < -0.39 is 5.97 Å².